The van der Waals surface area contributed by atoms with Crippen LogP contribution < -0.4 is 0 Å². The number of hydrogen-bond acceptors (Lipinski definition) is 4. The van der Waals surface area contributed by atoms with Gasteiger partial charge in [-0.15, -0.1) is 0 Å². The number of carbonyl (C=O) groups is 3. The lowest BCUT2D eigenvalue weighted by molar-refractivity contribution is -0.137. The number of benzene rings is 1. The maximum Gasteiger partial charge on any atom is 0.330 e. The largest absolute Gasteiger partial charge is 0.463 e. The van der Waals surface area contributed by atoms with Crippen LogP contribution in [0.3, 0.4) is 0 Å². The van der Waals surface area contributed by atoms with Gasteiger partial charge in [0.05, 0.1) is 6.61 Å². The van der Waals surface area contributed by atoms with Crippen LogP contribution in [-0.2, 0) is 14.3 Å². The highest BCUT2D eigenvalue weighted by atomic mass is 16.5. The molecule has 0 N–H and O–H groups in total. The summed E-state index contributed by atoms with van der Waals surface area (Å²) in [6.07, 6.45) is 3.86. The SMILES string of the molecule is CCOC(=O)/C=C/C(=O)N(CC=C(C)C)C(=O)c1ccccc1. The monoisotopic (exact) mass is 315 g/mol. The van der Waals surface area contributed by atoms with E-state index in [2.05, 4.69) is 0 Å². The highest BCUT2D eigenvalue weighted by molar-refractivity contribution is 6.09. The van der Waals surface area contributed by atoms with E-state index in [0.717, 1.165) is 22.6 Å². The van der Waals surface area contributed by atoms with Crippen LogP contribution in [0, 0.1) is 0 Å². The quantitative estimate of drug-likeness (QED) is 0.460. The molecule has 0 saturated heterocycles. The van der Waals surface area contributed by atoms with Crippen molar-refractivity contribution < 1.29 is 19.1 Å². The van der Waals surface area contributed by atoms with E-state index in [0.29, 0.717) is 5.56 Å². The fraction of sp³-hybridized carbons (Fsp3) is 0.278. The Labute approximate surface area is 136 Å². The molecule has 2 amide bonds. The van der Waals surface area contributed by atoms with E-state index in [1.165, 1.54) is 0 Å². The van der Waals surface area contributed by atoms with Crippen molar-refractivity contribution in [2.75, 3.05) is 13.2 Å². The molecule has 5 nitrogen and oxygen atoms in total. The molecule has 0 fully saturated rings. The van der Waals surface area contributed by atoms with Crippen LogP contribution in [0.2, 0.25) is 0 Å². The Balaban J connectivity index is 2.96. The summed E-state index contributed by atoms with van der Waals surface area (Å²) >= 11 is 0. The molecule has 1 aromatic carbocycles. The third-order valence-electron chi connectivity index (χ3n) is 2.86. The second-order valence-corrected chi connectivity index (χ2v) is 4.99. The number of amides is 2. The summed E-state index contributed by atoms with van der Waals surface area (Å²) in [5.41, 5.74) is 1.39. The first-order valence-electron chi connectivity index (χ1n) is 7.34. The Morgan fingerprint density at radius 3 is 2.30 bits per heavy atom. The smallest absolute Gasteiger partial charge is 0.330 e. The zero-order chi connectivity index (χ0) is 17.2. The van der Waals surface area contributed by atoms with Crippen molar-refractivity contribution in [2.45, 2.75) is 20.8 Å². The van der Waals surface area contributed by atoms with Crippen LogP contribution in [0.1, 0.15) is 31.1 Å². The maximum absolute atomic E-state index is 12.5. The van der Waals surface area contributed by atoms with E-state index in [1.54, 1.807) is 43.3 Å². The highest BCUT2D eigenvalue weighted by Gasteiger charge is 2.20. The Hall–Kier alpha value is -2.69. The average molecular weight is 315 g/mol. The minimum atomic E-state index is -0.616. The van der Waals surface area contributed by atoms with E-state index in [-0.39, 0.29) is 13.2 Å². The first-order chi connectivity index (χ1) is 11.0. The standard InChI is InChI=1S/C18H21NO4/c1-4-23-17(21)11-10-16(20)19(13-12-14(2)3)18(22)15-8-6-5-7-9-15/h5-12H,4,13H2,1-3H3/b11-10+. The number of ether oxygens (including phenoxy) is 1. The Bertz CT molecular complexity index is 613. The number of esters is 1. The Morgan fingerprint density at radius 1 is 1.09 bits per heavy atom. The number of allylic oxidation sites excluding steroid dienone is 1. The summed E-state index contributed by atoms with van der Waals surface area (Å²) in [5.74, 6) is -1.60. The molecule has 0 heterocycles. The summed E-state index contributed by atoms with van der Waals surface area (Å²) in [6, 6.07) is 8.52. The third-order valence-corrected chi connectivity index (χ3v) is 2.86. The number of imide groups is 1. The molecule has 0 aliphatic rings. The first kappa shape index (κ1) is 18.4. The molecule has 0 aliphatic heterocycles. The normalized spacial score (nSPS) is 10.2. The molecule has 0 spiro atoms. The molecular weight excluding hydrogens is 294 g/mol. The van der Waals surface area contributed by atoms with Gasteiger partial charge in [0, 0.05) is 24.3 Å². The molecule has 0 saturated carbocycles. The van der Waals surface area contributed by atoms with Gasteiger partial charge in [-0.05, 0) is 32.9 Å². The minimum absolute atomic E-state index is 0.141. The minimum Gasteiger partial charge on any atom is -0.463 e. The molecule has 1 aromatic rings. The van der Waals surface area contributed by atoms with Gasteiger partial charge in [-0.25, -0.2) is 4.79 Å². The van der Waals surface area contributed by atoms with Gasteiger partial charge in [-0.1, -0.05) is 29.8 Å². The molecule has 0 bridgehead atoms. The topological polar surface area (TPSA) is 63.7 Å². The molecule has 0 unspecified atom stereocenters. The van der Waals surface area contributed by atoms with Gasteiger partial charge < -0.3 is 4.74 Å². The molecule has 122 valence electrons. The van der Waals surface area contributed by atoms with Crippen LogP contribution >= 0.6 is 0 Å². The van der Waals surface area contributed by atoms with Crippen molar-refractivity contribution >= 4 is 17.8 Å². The predicted molar refractivity (Wildman–Crippen MR) is 87.7 cm³/mol. The van der Waals surface area contributed by atoms with E-state index in [4.69, 9.17) is 4.74 Å². The Kier molecular flexibility index (Phi) is 7.47. The van der Waals surface area contributed by atoms with Crippen LogP contribution in [0.5, 0.6) is 0 Å². The van der Waals surface area contributed by atoms with Crippen molar-refractivity contribution in [3.63, 3.8) is 0 Å². The number of nitrogens with zero attached hydrogens (tertiary/aromatic N) is 1. The predicted octanol–water partition coefficient (Wildman–Crippen LogP) is 2.74. The zero-order valence-corrected chi connectivity index (χ0v) is 13.6. The van der Waals surface area contributed by atoms with Gasteiger partial charge in [0.1, 0.15) is 0 Å². The molecule has 0 aromatic heterocycles. The molecule has 5 heteroatoms. The number of carbonyl (C=O) groups excluding carboxylic acids is 3. The van der Waals surface area contributed by atoms with Gasteiger partial charge >= 0.3 is 5.97 Å². The highest BCUT2D eigenvalue weighted by Crippen LogP contribution is 2.07. The van der Waals surface area contributed by atoms with E-state index < -0.39 is 17.8 Å². The number of hydrogen-bond donors (Lipinski definition) is 0. The van der Waals surface area contributed by atoms with Gasteiger partial charge in [-0.2, -0.15) is 0 Å². The van der Waals surface area contributed by atoms with Crippen molar-refractivity contribution in [3.8, 4) is 0 Å². The molecule has 0 atom stereocenters. The van der Waals surface area contributed by atoms with Gasteiger partial charge in [0.2, 0.25) is 0 Å². The lowest BCUT2D eigenvalue weighted by atomic mass is 10.2. The van der Waals surface area contributed by atoms with Gasteiger partial charge in [0.15, 0.2) is 0 Å². The first-order valence-corrected chi connectivity index (χ1v) is 7.34. The second kappa shape index (κ2) is 9.35. The van der Waals surface area contributed by atoms with Crippen LogP contribution in [0.4, 0.5) is 0 Å². The summed E-state index contributed by atoms with van der Waals surface area (Å²) in [6.45, 7) is 5.80. The molecule has 0 aliphatic carbocycles. The Morgan fingerprint density at radius 2 is 1.74 bits per heavy atom. The van der Waals surface area contributed by atoms with Crippen LogP contribution in [0.15, 0.2) is 54.1 Å². The summed E-state index contributed by atoms with van der Waals surface area (Å²) in [7, 11) is 0. The molecule has 0 radical (unpaired) electrons. The van der Waals surface area contributed by atoms with Crippen LogP contribution in [0.25, 0.3) is 0 Å². The summed E-state index contributed by atoms with van der Waals surface area (Å²) in [5, 5.41) is 0. The second-order valence-electron chi connectivity index (χ2n) is 4.99. The van der Waals surface area contributed by atoms with E-state index in [9.17, 15) is 14.4 Å². The lowest BCUT2D eigenvalue weighted by Gasteiger charge is -2.18. The zero-order valence-electron chi connectivity index (χ0n) is 13.6. The average Bonchev–Trinajstić information content (AvgIpc) is 2.53. The maximum atomic E-state index is 12.5. The van der Waals surface area contributed by atoms with E-state index >= 15 is 0 Å². The fourth-order valence-electron chi connectivity index (χ4n) is 1.70. The van der Waals surface area contributed by atoms with Crippen molar-refractivity contribution in [2.24, 2.45) is 0 Å². The van der Waals surface area contributed by atoms with Gasteiger partial charge in [-0.3, -0.25) is 14.5 Å². The number of rotatable bonds is 6. The molecule has 1 rings (SSSR count). The van der Waals surface area contributed by atoms with Gasteiger partial charge in [0.25, 0.3) is 11.8 Å². The summed E-state index contributed by atoms with van der Waals surface area (Å²) < 4.78 is 4.72. The van der Waals surface area contributed by atoms with Crippen molar-refractivity contribution in [3.05, 3.63) is 59.7 Å². The van der Waals surface area contributed by atoms with Crippen LogP contribution in [-0.4, -0.2) is 35.8 Å². The fourth-order valence-corrected chi connectivity index (χ4v) is 1.70. The van der Waals surface area contributed by atoms with E-state index in [1.807, 2.05) is 13.8 Å². The summed E-state index contributed by atoms with van der Waals surface area (Å²) in [4.78, 5) is 37.1. The molecular formula is C18H21NO4. The molecule has 23 heavy (non-hydrogen) atoms. The van der Waals surface area contributed by atoms with Crippen molar-refractivity contribution in [1.29, 1.82) is 0 Å². The lowest BCUT2D eigenvalue weighted by Crippen LogP contribution is -2.36. The van der Waals surface area contributed by atoms with Crippen molar-refractivity contribution in [1.82, 2.24) is 4.90 Å². The third kappa shape index (κ3) is 6.30.